The van der Waals surface area contributed by atoms with Gasteiger partial charge in [-0.15, -0.1) is 0 Å². The third-order valence-corrected chi connectivity index (χ3v) is 4.35. The zero-order valence-electron chi connectivity index (χ0n) is 15.0. The predicted molar refractivity (Wildman–Crippen MR) is 105 cm³/mol. The maximum absolute atomic E-state index is 12.4. The average Bonchev–Trinajstić information content (AvgIpc) is 2.62. The van der Waals surface area contributed by atoms with Crippen molar-refractivity contribution in [2.45, 2.75) is 26.3 Å². The minimum atomic E-state index is 0.0756. The van der Waals surface area contributed by atoms with E-state index in [0.717, 1.165) is 18.5 Å². The quantitative estimate of drug-likeness (QED) is 0.386. The Morgan fingerprint density at radius 2 is 1.96 bits per heavy atom. The second kappa shape index (κ2) is 12.7. The summed E-state index contributed by atoms with van der Waals surface area (Å²) in [5.41, 5.74) is 1.14. The van der Waals surface area contributed by atoms with Gasteiger partial charge in [-0.2, -0.15) is 11.8 Å². The van der Waals surface area contributed by atoms with E-state index in [2.05, 4.69) is 21.9 Å². The number of guanidine groups is 1. The Labute approximate surface area is 150 Å². The molecule has 2 N–H and O–H groups in total. The second-order valence-electron chi connectivity index (χ2n) is 5.45. The molecule has 0 aliphatic carbocycles. The van der Waals surface area contributed by atoms with Crippen LogP contribution in [0.15, 0.2) is 35.3 Å². The summed E-state index contributed by atoms with van der Waals surface area (Å²) in [5, 5.41) is 6.35. The number of hydrogen-bond donors (Lipinski definition) is 2. The molecule has 1 rings (SSSR count). The van der Waals surface area contributed by atoms with Gasteiger partial charge in [-0.25, -0.2) is 0 Å². The molecular weight excluding hydrogens is 320 g/mol. The van der Waals surface area contributed by atoms with Gasteiger partial charge in [0, 0.05) is 26.7 Å². The van der Waals surface area contributed by atoms with Gasteiger partial charge in [-0.05, 0) is 37.3 Å². The predicted octanol–water partition coefficient (Wildman–Crippen LogP) is 2.34. The SMILES string of the molecule is CCN(Cc1ccccc1)C(=O)CNC(=NC)NCCCCSC. The van der Waals surface area contributed by atoms with Crippen LogP contribution in [0, 0.1) is 0 Å². The van der Waals surface area contributed by atoms with Crippen molar-refractivity contribution in [3.05, 3.63) is 35.9 Å². The molecule has 0 aliphatic rings. The van der Waals surface area contributed by atoms with Gasteiger partial charge < -0.3 is 15.5 Å². The summed E-state index contributed by atoms with van der Waals surface area (Å²) in [4.78, 5) is 18.4. The lowest BCUT2D eigenvalue weighted by molar-refractivity contribution is -0.130. The molecule has 24 heavy (non-hydrogen) atoms. The average molecular weight is 351 g/mol. The van der Waals surface area contributed by atoms with E-state index < -0.39 is 0 Å². The fourth-order valence-corrected chi connectivity index (χ4v) is 2.74. The van der Waals surface area contributed by atoms with Gasteiger partial charge in [0.1, 0.15) is 0 Å². The molecule has 0 spiro atoms. The number of unbranched alkanes of at least 4 members (excludes halogenated alkanes) is 1. The van der Waals surface area contributed by atoms with Crippen molar-refractivity contribution in [3.63, 3.8) is 0 Å². The Balaban J connectivity index is 2.35. The van der Waals surface area contributed by atoms with Gasteiger partial charge in [-0.1, -0.05) is 30.3 Å². The minimum absolute atomic E-state index is 0.0756. The number of carbonyl (C=O) groups is 1. The summed E-state index contributed by atoms with van der Waals surface area (Å²) in [6, 6.07) is 10.1. The van der Waals surface area contributed by atoms with E-state index in [-0.39, 0.29) is 12.5 Å². The number of hydrogen-bond acceptors (Lipinski definition) is 3. The van der Waals surface area contributed by atoms with Crippen LogP contribution in [0.3, 0.4) is 0 Å². The third-order valence-electron chi connectivity index (χ3n) is 3.65. The first-order valence-corrected chi connectivity index (χ1v) is 9.85. The van der Waals surface area contributed by atoms with Gasteiger partial charge in [0.25, 0.3) is 0 Å². The molecule has 1 amide bonds. The molecule has 6 heteroatoms. The van der Waals surface area contributed by atoms with Crippen LogP contribution in [0.2, 0.25) is 0 Å². The van der Waals surface area contributed by atoms with Gasteiger partial charge in [0.05, 0.1) is 6.54 Å². The van der Waals surface area contributed by atoms with Crippen molar-refractivity contribution < 1.29 is 4.79 Å². The van der Waals surface area contributed by atoms with Crippen LogP contribution < -0.4 is 10.6 Å². The van der Waals surface area contributed by atoms with Gasteiger partial charge >= 0.3 is 0 Å². The summed E-state index contributed by atoms with van der Waals surface area (Å²) >= 11 is 1.86. The van der Waals surface area contributed by atoms with Crippen molar-refractivity contribution in [2.24, 2.45) is 4.99 Å². The van der Waals surface area contributed by atoms with E-state index >= 15 is 0 Å². The summed E-state index contributed by atoms with van der Waals surface area (Å²) in [6.07, 6.45) is 4.41. The Kier molecular flexibility index (Phi) is 10.8. The number of carbonyl (C=O) groups excluding carboxylic acids is 1. The molecule has 0 aliphatic heterocycles. The highest BCUT2D eigenvalue weighted by molar-refractivity contribution is 7.98. The molecule has 0 saturated carbocycles. The van der Waals surface area contributed by atoms with E-state index in [1.54, 1.807) is 7.05 Å². The zero-order valence-corrected chi connectivity index (χ0v) is 15.9. The standard InChI is InChI=1S/C18H30N4OS/c1-4-22(15-16-10-6-5-7-11-16)17(23)14-21-18(19-2)20-12-8-9-13-24-3/h5-7,10-11H,4,8-9,12-15H2,1-3H3,(H2,19,20,21). The van der Waals surface area contributed by atoms with Crippen molar-refractivity contribution >= 4 is 23.6 Å². The van der Waals surface area contributed by atoms with Crippen LogP contribution in [0.25, 0.3) is 0 Å². The maximum Gasteiger partial charge on any atom is 0.242 e. The van der Waals surface area contributed by atoms with Crippen LogP contribution >= 0.6 is 11.8 Å². The molecule has 134 valence electrons. The van der Waals surface area contributed by atoms with Gasteiger partial charge in [0.15, 0.2) is 5.96 Å². The van der Waals surface area contributed by atoms with E-state index in [1.165, 1.54) is 12.2 Å². The van der Waals surface area contributed by atoms with E-state index in [0.29, 0.717) is 19.0 Å². The van der Waals surface area contributed by atoms with Crippen LogP contribution in [0.5, 0.6) is 0 Å². The lowest BCUT2D eigenvalue weighted by Gasteiger charge is -2.22. The highest BCUT2D eigenvalue weighted by Gasteiger charge is 2.12. The number of thioether (sulfide) groups is 1. The summed E-state index contributed by atoms with van der Waals surface area (Å²) < 4.78 is 0. The molecule has 0 atom stereocenters. The Morgan fingerprint density at radius 3 is 2.58 bits per heavy atom. The lowest BCUT2D eigenvalue weighted by Crippen LogP contribution is -2.44. The molecule has 0 bridgehead atoms. The van der Waals surface area contributed by atoms with E-state index in [4.69, 9.17) is 0 Å². The molecule has 0 fully saturated rings. The molecule has 0 unspecified atom stereocenters. The molecule has 0 saturated heterocycles. The van der Waals surface area contributed by atoms with Crippen molar-refractivity contribution in [1.82, 2.24) is 15.5 Å². The van der Waals surface area contributed by atoms with Crippen LogP contribution in [0.4, 0.5) is 0 Å². The Hall–Kier alpha value is -1.69. The minimum Gasteiger partial charge on any atom is -0.356 e. The second-order valence-corrected chi connectivity index (χ2v) is 6.43. The summed E-state index contributed by atoms with van der Waals surface area (Å²) in [7, 11) is 1.73. The van der Waals surface area contributed by atoms with Crippen molar-refractivity contribution in [1.29, 1.82) is 0 Å². The number of benzene rings is 1. The van der Waals surface area contributed by atoms with Gasteiger partial charge in [-0.3, -0.25) is 9.79 Å². The monoisotopic (exact) mass is 350 g/mol. The summed E-state index contributed by atoms with van der Waals surface area (Å²) in [5.74, 6) is 1.94. The number of likely N-dealkylation sites (N-methyl/N-ethyl adjacent to an activating group) is 1. The van der Waals surface area contributed by atoms with Crippen LogP contribution in [0.1, 0.15) is 25.3 Å². The number of amides is 1. The first-order valence-electron chi connectivity index (χ1n) is 8.46. The fraction of sp³-hybridized carbons (Fsp3) is 0.556. The van der Waals surface area contributed by atoms with Crippen LogP contribution in [-0.2, 0) is 11.3 Å². The first-order chi connectivity index (χ1) is 11.7. The molecule has 1 aromatic rings. The highest BCUT2D eigenvalue weighted by atomic mass is 32.2. The topological polar surface area (TPSA) is 56.7 Å². The van der Waals surface area contributed by atoms with E-state index in [1.807, 2.05) is 53.9 Å². The maximum atomic E-state index is 12.4. The molecule has 0 aromatic heterocycles. The molecule has 0 radical (unpaired) electrons. The van der Waals surface area contributed by atoms with Gasteiger partial charge in [0.2, 0.25) is 5.91 Å². The molecular formula is C18H30N4OS. The third kappa shape index (κ3) is 8.24. The molecule has 5 nitrogen and oxygen atoms in total. The molecule has 1 aromatic carbocycles. The van der Waals surface area contributed by atoms with Crippen molar-refractivity contribution in [2.75, 3.05) is 38.7 Å². The zero-order chi connectivity index (χ0) is 17.6. The number of nitrogens with zero attached hydrogens (tertiary/aromatic N) is 2. The first kappa shape index (κ1) is 20.4. The van der Waals surface area contributed by atoms with Crippen LogP contribution in [-0.4, -0.2) is 55.5 Å². The normalized spacial score (nSPS) is 11.2. The van der Waals surface area contributed by atoms with E-state index in [9.17, 15) is 4.79 Å². The number of aliphatic imine (C=N–C) groups is 1. The fourth-order valence-electron chi connectivity index (χ4n) is 2.25. The number of rotatable bonds is 10. The lowest BCUT2D eigenvalue weighted by atomic mass is 10.2. The number of nitrogens with one attached hydrogen (secondary N) is 2. The molecule has 0 heterocycles. The Morgan fingerprint density at radius 1 is 1.21 bits per heavy atom. The highest BCUT2D eigenvalue weighted by Crippen LogP contribution is 2.04. The summed E-state index contributed by atoms with van der Waals surface area (Å²) in [6.45, 7) is 4.45. The largest absolute Gasteiger partial charge is 0.356 e. The smallest absolute Gasteiger partial charge is 0.242 e. The Bertz CT molecular complexity index is 493. The van der Waals surface area contributed by atoms with Crippen molar-refractivity contribution in [3.8, 4) is 0 Å².